The molecule has 108 valence electrons. The van der Waals surface area contributed by atoms with Crippen molar-refractivity contribution in [2.75, 3.05) is 6.54 Å². The molecule has 1 rings (SSSR count). The molecule has 2 atom stereocenters. The minimum atomic E-state index is -0.449. The molecule has 5 heteroatoms. The number of carbonyl (C=O) groups is 1. The van der Waals surface area contributed by atoms with E-state index in [1.807, 2.05) is 27.7 Å². The summed E-state index contributed by atoms with van der Waals surface area (Å²) in [6.07, 6.45) is 0.692. The lowest BCUT2D eigenvalue weighted by molar-refractivity contribution is -0.121. The van der Waals surface area contributed by atoms with Crippen molar-refractivity contribution in [2.24, 2.45) is 5.41 Å². The fourth-order valence-electron chi connectivity index (χ4n) is 1.93. The van der Waals surface area contributed by atoms with Gasteiger partial charge in [-0.05, 0) is 27.2 Å². The molecule has 0 bridgehead atoms. The zero-order valence-electron chi connectivity index (χ0n) is 12.5. The van der Waals surface area contributed by atoms with E-state index < -0.39 is 6.10 Å². The molecule has 0 aliphatic rings. The summed E-state index contributed by atoms with van der Waals surface area (Å²) < 4.78 is 0. The summed E-state index contributed by atoms with van der Waals surface area (Å²) in [5.74, 6) is -0.0343. The molecule has 0 saturated heterocycles. The van der Waals surface area contributed by atoms with Crippen LogP contribution in [0.15, 0.2) is 0 Å². The number of amides is 1. The van der Waals surface area contributed by atoms with Crippen molar-refractivity contribution < 1.29 is 9.90 Å². The Hall–Kier alpha value is -1.36. The molecule has 19 heavy (non-hydrogen) atoms. The van der Waals surface area contributed by atoms with Gasteiger partial charge in [0.15, 0.2) is 0 Å². The lowest BCUT2D eigenvalue weighted by Crippen LogP contribution is -2.42. The number of aromatic amines is 1. The van der Waals surface area contributed by atoms with Gasteiger partial charge in [-0.1, -0.05) is 13.8 Å². The van der Waals surface area contributed by atoms with Gasteiger partial charge in [0.05, 0.1) is 18.2 Å². The average Bonchev–Trinajstić information content (AvgIpc) is 2.67. The molecular weight excluding hydrogens is 242 g/mol. The minimum Gasteiger partial charge on any atom is -0.393 e. The van der Waals surface area contributed by atoms with Crippen LogP contribution in [0, 0.1) is 19.3 Å². The number of rotatable bonds is 6. The highest BCUT2D eigenvalue weighted by Gasteiger charge is 2.28. The first kappa shape index (κ1) is 15.7. The van der Waals surface area contributed by atoms with E-state index in [2.05, 4.69) is 15.5 Å². The molecule has 1 aromatic heterocycles. The van der Waals surface area contributed by atoms with Crippen molar-refractivity contribution in [3.05, 3.63) is 17.0 Å². The molecule has 0 aliphatic heterocycles. The van der Waals surface area contributed by atoms with E-state index in [0.29, 0.717) is 13.0 Å². The highest BCUT2D eigenvalue weighted by molar-refractivity contribution is 5.79. The first-order chi connectivity index (χ1) is 8.80. The van der Waals surface area contributed by atoms with Crippen molar-refractivity contribution in [1.29, 1.82) is 0 Å². The average molecular weight is 267 g/mol. The van der Waals surface area contributed by atoms with Gasteiger partial charge in [0.2, 0.25) is 5.91 Å². The smallest absolute Gasteiger partial charge is 0.224 e. The summed E-state index contributed by atoms with van der Waals surface area (Å²) in [6.45, 7) is 10.0. The van der Waals surface area contributed by atoms with Crippen LogP contribution in [0.4, 0.5) is 0 Å². The number of aliphatic hydroxyl groups excluding tert-OH is 1. The first-order valence-electron chi connectivity index (χ1n) is 6.75. The van der Waals surface area contributed by atoms with E-state index in [1.165, 1.54) is 0 Å². The molecule has 0 aliphatic carbocycles. The largest absolute Gasteiger partial charge is 0.393 e. The van der Waals surface area contributed by atoms with E-state index in [-0.39, 0.29) is 11.3 Å². The van der Waals surface area contributed by atoms with Crippen molar-refractivity contribution in [1.82, 2.24) is 15.5 Å². The van der Waals surface area contributed by atoms with E-state index >= 15 is 0 Å². The normalized spacial score (nSPS) is 15.9. The minimum absolute atomic E-state index is 0.0343. The Labute approximate surface area is 114 Å². The van der Waals surface area contributed by atoms with Gasteiger partial charge in [0, 0.05) is 23.2 Å². The van der Waals surface area contributed by atoms with Gasteiger partial charge in [0.25, 0.3) is 0 Å². The molecule has 1 heterocycles. The van der Waals surface area contributed by atoms with Crippen molar-refractivity contribution in [3.8, 4) is 0 Å². The Morgan fingerprint density at radius 2 is 2.16 bits per heavy atom. The van der Waals surface area contributed by atoms with Crippen molar-refractivity contribution in [3.63, 3.8) is 0 Å². The summed E-state index contributed by atoms with van der Waals surface area (Å²) in [5, 5.41) is 19.6. The molecule has 1 aromatic rings. The third-order valence-electron chi connectivity index (χ3n) is 4.12. The molecule has 0 fully saturated rings. The van der Waals surface area contributed by atoms with E-state index in [9.17, 15) is 9.90 Å². The topological polar surface area (TPSA) is 78.0 Å². The highest BCUT2D eigenvalue weighted by Crippen LogP contribution is 2.24. The van der Waals surface area contributed by atoms with Gasteiger partial charge in [-0.2, -0.15) is 5.10 Å². The Morgan fingerprint density at radius 3 is 2.58 bits per heavy atom. The predicted octanol–water partition coefficient (Wildman–Crippen LogP) is 1.48. The number of aromatic nitrogens is 2. The first-order valence-corrected chi connectivity index (χ1v) is 6.75. The zero-order valence-corrected chi connectivity index (χ0v) is 12.5. The van der Waals surface area contributed by atoms with Gasteiger partial charge in [-0.25, -0.2) is 0 Å². The number of nitrogens with zero attached hydrogens (tertiary/aromatic N) is 1. The van der Waals surface area contributed by atoms with E-state index in [1.54, 1.807) is 6.92 Å². The number of hydrogen-bond donors (Lipinski definition) is 3. The number of hydrogen-bond acceptors (Lipinski definition) is 3. The maximum atomic E-state index is 12.0. The summed E-state index contributed by atoms with van der Waals surface area (Å²) in [7, 11) is 0. The highest BCUT2D eigenvalue weighted by atomic mass is 16.3. The number of carbonyl (C=O) groups excluding carboxylic acids is 1. The standard InChI is InChI=1S/C14H25N3O2/c1-6-14(5,11(4)18)8-15-13(19)7-12-9(2)16-17-10(12)3/h11,18H,6-8H2,1-5H3,(H,15,19)(H,16,17)/t11-,14-/m0/s1. The van der Waals surface area contributed by atoms with Gasteiger partial charge in [0.1, 0.15) is 0 Å². The Bertz CT molecular complexity index is 420. The third-order valence-corrected chi connectivity index (χ3v) is 4.12. The van der Waals surface area contributed by atoms with Crippen LogP contribution in [0.25, 0.3) is 0 Å². The molecule has 3 N–H and O–H groups in total. The van der Waals surface area contributed by atoms with Crippen LogP contribution in [0.3, 0.4) is 0 Å². The van der Waals surface area contributed by atoms with Crippen LogP contribution in [-0.4, -0.2) is 33.9 Å². The monoisotopic (exact) mass is 267 g/mol. The van der Waals surface area contributed by atoms with E-state index in [4.69, 9.17) is 0 Å². The fraction of sp³-hybridized carbons (Fsp3) is 0.714. The summed E-state index contributed by atoms with van der Waals surface area (Å²) in [6, 6.07) is 0. The summed E-state index contributed by atoms with van der Waals surface area (Å²) >= 11 is 0. The maximum absolute atomic E-state index is 12.0. The molecule has 0 unspecified atom stereocenters. The van der Waals surface area contributed by atoms with Crippen LogP contribution in [0.1, 0.15) is 44.1 Å². The van der Waals surface area contributed by atoms with Gasteiger partial charge in [-0.3, -0.25) is 9.89 Å². The SMILES string of the molecule is CC[C@@](C)(CNC(=O)Cc1c(C)n[nH]c1C)[C@H](C)O. The Kier molecular flexibility index (Phi) is 5.11. The second-order valence-corrected chi connectivity index (χ2v) is 5.55. The van der Waals surface area contributed by atoms with Gasteiger partial charge < -0.3 is 10.4 Å². The van der Waals surface area contributed by atoms with Crippen LogP contribution in [0.2, 0.25) is 0 Å². The Balaban J connectivity index is 2.58. The lowest BCUT2D eigenvalue weighted by atomic mass is 9.82. The van der Waals surface area contributed by atoms with Crippen molar-refractivity contribution in [2.45, 2.75) is 53.6 Å². The molecular formula is C14H25N3O2. The molecule has 0 aromatic carbocycles. The molecule has 1 amide bonds. The maximum Gasteiger partial charge on any atom is 0.224 e. The van der Waals surface area contributed by atoms with Crippen LogP contribution in [0.5, 0.6) is 0 Å². The number of aliphatic hydroxyl groups is 1. The number of H-pyrrole nitrogens is 1. The Morgan fingerprint density at radius 1 is 1.53 bits per heavy atom. The second kappa shape index (κ2) is 6.19. The number of aryl methyl sites for hydroxylation is 2. The van der Waals surface area contributed by atoms with Crippen LogP contribution < -0.4 is 5.32 Å². The van der Waals surface area contributed by atoms with Gasteiger partial charge in [-0.15, -0.1) is 0 Å². The third kappa shape index (κ3) is 3.80. The van der Waals surface area contributed by atoms with Crippen LogP contribution in [-0.2, 0) is 11.2 Å². The number of nitrogens with one attached hydrogen (secondary N) is 2. The van der Waals surface area contributed by atoms with Crippen LogP contribution >= 0.6 is 0 Å². The molecule has 5 nitrogen and oxygen atoms in total. The second-order valence-electron chi connectivity index (χ2n) is 5.55. The molecule has 0 radical (unpaired) electrons. The summed E-state index contributed by atoms with van der Waals surface area (Å²) in [4.78, 5) is 12.0. The molecule has 0 saturated carbocycles. The fourth-order valence-corrected chi connectivity index (χ4v) is 1.93. The van der Waals surface area contributed by atoms with E-state index in [0.717, 1.165) is 23.4 Å². The molecule has 0 spiro atoms. The quantitative estimate of drug-likeness (QED) is 0.730. The summed E-state index contributed by atoms with van der Waals surface area (Å²) in [5.41, 5.74) is 2.46. The van der Waals surface area contributed by atoms with Crippen molar-refractivity contribution >= 4 is 5.91 Å². The van der Waals surface area contributed by atoms with Gasteiger partial charge >= 0.3 is 0 Å². The predicted molar refractivity (Wildman–Crippen MR) is 74.9 cm³/mol. The zero-order chi connectivity index (χ0) is 14.6. The lowest BCUT2D eigenvalue weighted by Gasteiger charge is -2.31.